The number of halogens is 1. The second-order valence-corrected chi connectivity index (χ2v) is 5.46. The molecule has 0 radical (unpaired) electrons. The highest BCUT2D eigenvalue weighted by atomic mass is 19.1. The zero-order valence-electron chi connectivity index (χ0n) is 12.9. The van der Waals surface area contributed by atoms with E-state index in [0.717, 1.165) is 22.9 Å². The number of benzene rings is 2. The van der Waals surface area contributed by atoms with Gasteiger partial charge >= 0.3 is 0 Å². The number of furan rings is 1. The van der Waals surface area contributed by atoms with Crippen LogP contribution in [0.3, 0.4) is 0 Å². The quantitative estimate of drug-likeness (QED) is 0.768. The predicted octanol–water partition coefficient (Wildman–Crippen LogP) is 4.47. The van der Waals surface area contributed by atoms with Crippen LogP contribution >= 0.6 is 0 Å². The molecule has 0 atom stereocenters. The van der Waals surface area contributed by atoms with Gasteiger partial charge < -0.3 is 19.2 Å². The van der Waals surface area contributed by atoms with Gasteiger partial charge in [0.05, 0.1) is 12.1 Å². The molecule has 1 N–H and O–H groups in total. The Bertz CT molecular complexity index is 859. The van der Waals surface area contributed by atoms with Gasteiger partial charge in [-0.3, -0.25) is 0 Å². The average Bonchev–Trinajstić information content (AvgIpc) is 3.09. The summed E-state index contributed by atoms with van der Waals surface area (Å²) in [5, 5.41) is 3.27. The fourth-order valence-corrected chi connectivity index (χ4v) is 2.62. The number of nitrogens with one attached hydrogen (secondary N) is 1. The van der Waals surface area contributed by atoms with E-state index in [4.69, 9.17) is 13.9 Å². The second kappa shape index (κ2) is 6.28. The molecule has 2 aromatic carbocycles. The van der Waals surface area contributed by atoms with Crippen LogP contribution in [-0.2, 0) is 6.54 Å². The van der Waals surface area contributed by atoms with Crippen molar-refractivity contribution in [3.63, 3.8) is 0 Å². The molecule has 1 aliphatic heterocycles. The van der Waals surface area contributed by atoms with Crippen molar-refractivity contribution in [3.05, 3.63) is 66.2 Å². The van der Waals surface area contributed by atoms with E-state index in [9.17, 15) is 4.39 Å². The van der Waals surface area contributed by atoms with Gasteiger partial charge in [-0.25, -0.2) is 4.39 Å². The Kier molecular flexibility index (Phi) is 3.83. The Morgan fingerprint density at radius 1 is 0.917 bits per heavy atom. The molecule has 4 nitrogen and oxygen atoms in total. The van der Waals surface area contributed by atoms with Gasteiger partial charge in [0, 0.05) is 11.8 Å². The van der Waals surface area contributed by atoms with Gasteiger partial charge in [-0.2, -0.15) is 0 Å². The molecule has 5 heteroatoms. The van der Waals surface area contributed by atoms with Gasteiger partial charge in [0.2, 0.25) is 0 Å². The lowest BCUT2D eigenvalue weighted by Gasteiger charge is -2.19. The third-order valence-electron chi connectivity index (χ3n) is 3.81. The summed E-state index contributed by atoms with van der Waals surface area (Å²) in [5.74, 6) is 2.44. The van der Waals surface area contributed by atoms with E-state index >= 15 is 0 Å². The van der Waals surface area contributed by atoms with Crippen LogP contribution in [0.5, 0.6) is 11.5 Å². The van der Waals surface area contributed by atoms with Crippen molar-refractivity contribution in [1.29, 1.82) is 0 Å². The van der Waals surface area contributed by atoms with Gasteiger partial charge in [0.1, 0.15) is 30.6 Å². The summed E-state index contributed by atoms with van der Waals surface area (Å²) in [4.78, 5) is 0. The Hall–Kier alpha value is -2.95. The molecular formula is C19H16FNO3. The van der Waals surface area contributed by atoms with Gasteiger partial charge in [-0.05, 0) is 36.4 Å². The topological polar surface area (TPSA) is 43.6 Å². The normalized spacial score (nSPS) is 12.9. The van der Waals surface area contributed by atoms with Crippen LogP contribution in [0.25, 0.3) is 11.3 Å². The van der Waals surface area contributed by atoms with Crippen molar-refractivity contribution >= 4 is 5.69 Å². The molecule has 0 fully saturated rings. The molecule has 1 aromatic heterocycles. The first-order valence-electron chi connectivity index (χ1n) is 7.77. The SMILES string of the molecule is Fc1ccccc1-c1ccc(CNc2ccc3c(c2)OCCO3)o1. The van der Waals surface area contributed by atoms with E-state index in [-0.39, 0.29) is 5.82 Å². The van der Waals surface area contributed by atoms with Crippen molar-refractivity contribution in [2.24, 2.45) is 0 Å². The lowest BCUT2D eigenvalue weighted by molar-refractivity contribution is 0.171. The largest absolute Gasteiger partial charge is 0.486 e. The smallest absolute Gasteiger partial charge is 0.163 e. The highest BCUT2D eigenvalue weighted by molar-refractivity contribution is 5.59. The third kappa shape index (κ3) is 2.93. The predicted molar refractivity (Wildman–Crippen MR) is 88.9 cm³/mol. The lowest BCUT2D eigenvalue weighted by Crippen LogP contribution is -2.15. The maximum atomic E-state index is 13.8. The molecule has 0 saturated carbocycles. The number of hydrogen-bond donors (Lipinski definition) is 1. The summed E-state index contributed by atoms with van der Waals surface area (Å²) < 4.78 is 30.6. The second-order valence-electron chi connectivity index (χ2n) is 5.46. The zero-order valence-corrected chi connectivity index (χ0v) is 12.9. The highest BCUT2D eigenvalue weighted by Gasteiger charge is 2.12. The zero-order chi connectivity index (χ0) is 16.4. The molecule has 122 valence electrons. The first-order chi connectivity index (χ1) is 11.8. The number of rotatable bonds is 4. The monoisotopic (exact) mass is 325 g/mol. The van der Waals surface area contributed by atoms with E-state index in [1.807, 2.05) is 24.3 Å². The standard InChI is InChI=1S/C19H16FNO3/c20-16-4-2-1-3-15(16)17-8-6-14(24-17)12-21-13-5-7-18-19(11-13)23-10-9-22-18/h1-8,11,21H,9-10,12H2. The minimum atomic E-state index is -0.293. The summed E-state index contributed by atoms with van der Waals surface area (Å²) in [7, 11) is 0. The minimum absolute atomic E-state index is 0.293. The molecule has 0 amide bonds. The summed E-state index contributed by atoms with van der Waals surface area (Å²) >= 11 is 0. The van der Waals surface area contributed by atoms with Crippen LogP contribution in [0.2, 0.25) is 0 Å². The van der Waals surface area contributed by atoms with Crippen LogP contribution in [-0.4, -0.2) is 13.2 Å². The summed E-state index contributed by atoms with van der Waals surface area (Å²) in [6.45, 7) is 1.62. The van der Waals surface area contributed by atoms with E-state index in [1.165, 1.54) is 6.07 Å². The summed E-state index contributed by atoms with van der Waals surface area (Å²) in [6.07, 6.45) is 0. The van der Waals surface area contributed by atoms with E-state index < -0.39 is 0 Å². The number of ether oxygens (including phenoxy) is 2. The van der Waals surface area contributed by atoms with Gasteiger partial charge in [0.25, 0.3) is 0 Å². The Morgan fingerprint density at radius 3 is 2.62 bits per heavy atom. The van der Waals surface area contributed by atoms with Crippen molar-refractivity contribution in [3.8, 4) is 22.8 Å². The number of hydrogen-bond acceptors (Lipinski definition) is 4. The fourth-order valence-electron chi connectivity index (χ4n) is 2.62. The minimum Gasteiger partial charge on any atom is -0.486 e. The maximum absolute atomic E-state index is 13.8. The van der Waals surface area contributed by atoms with Crippen LogP contribution in [0.1, 0.15) is 5.76 Å². The van der Waals surface area contributed by atoms with E-state index in [2.05, 4.69) is 5.32 Å². The molecule has 0 bridgehead atoms. The van der Waals surface area contributed by atoms with Crippen molar-refractivity contribution in [2.45, 2.75) is 6.54 Å². The molecule has 3 aromatic rings. The fraction of sp³-hybridized carbons (Fsp3) is 0.158. The van der Waals surface area contributed by atoms with Crippen LogP contribution in [0.15, 0.2) is 59.0 Å². The van der Waals surface area contributed by atoms with Crippen LogP contribution in [0, 0.1) is 5.82 Å². The van der Waals surface area contributed by atoms with Crippen LogP contribution in [0.4, 0.5) is 10.1 Å². The molecular weight excluding hydrogens is 309 g/mol. The first kappa shape index (κ1) is 14.6. The molecule has 0 spiro atoms. The maximum Gasteiger partial charge on any atom is 0.163 e. The van der Waals surface area contributed by atoms with Gasteiger partial charge in [-0.15, -0.1) is 0 Å². The van der Waals surface area contributed by atoms with Gasteiger partial charge in [0.15, 0.2) is 11.5 Å². The Morgan fingerprint density at radius 2 is 1.75 bits per heavy atom. The first-order valence-corrected chi connectivity index (χ1v) is 7.77. The Labute approximate surface area is 138 Å². The van der Waals surface area contributed by atoms with Crippen LogP contribution < -0.4 is 14.8 Å². The van der Waals surface area contributed by atoms with Gasteiger partial charge in [-0.1, -0.05) is 12.1 Å². The van der Waals surface area contributed by atoms with Crippen molar-refractivity contribution < 1.29 is 18.3 Å². The van der Waals surface area contributed by atoms with Crippen molar-refractivity contribution in [2.75, 3.05) is 18.5 Å². The molecule has 0 unspecified atom stereocenters. The molecule has 24 heavy (non-hydrogen) atoms. The average molecular weight is 325 g/mol. The number of anilines is 1. The molecule has 1 aliphatic rings. The molecule has 0 saturated heterocycles. The van der Waals surface area contributed by atoms with E-state index in [0.29, 0.717) is 31.1 Å². The molecule has 0 aliphatic carbocycles. The summed E-state index contributed by atoms with van der Waals surface area (Å²) in [6, 6.07) is 15.9. The Balaban J connectivity index is 1.46. The van der Waals surface area contributed by atoms with E-state index in [1.54, 1.807) is 24.3 Å². The number of fused-ring (bicyclic) bond motifs is 1. The lowest BCUT2D eigenvalue weighted by atomic mass is 10.1. The van der Waals surface area contributed by atoms with Crippen molar-refractivity contribution in [1.82, 2.24) is 0 Å². The summed E-state index contributed by atoms with van der Waals surface area (Å²) in [5.41, 5.74) is 1.37. The highest BCUT2D eigenvalue weighted by Crippen LogP contribution is 2.33. The molecule has 2 heterocycles. The molecule has 4 rings (SSSR count). The third-order valence-corrected chi connectivity index (χ3v) is 3.81.